The van der Waals surface area contributed by atoms with Crippen molar-refractivity contribution in [3.05, 3.63) is 128 Å². The van der Waals surface area contributed by atoms with E-state index in [1.54, 1.807) is 19.1 Å². The lowest BCUT2D eigenvalue weighted by Crippen LogP contribution is -2.23. The van der Waals surface area contributed by atoms with Gasteiger partial charge in [0.25, 0.3) is 5.69 Å². The van der Waals surface area contributed by atoms with Crippen LogP contribution in [0, 0.1) is 17.0 Å². The third-order valence-corrected chi connectivity index (χ3v) is 5.85. The summed E-state index contributed by atoms with van der Waals surface area (Å²) >= 11 is 3.46. The molecule has 0 atom stereocenters. The molecular weight excluding hydrogens is 480 g/mol. The smallest absolute Gasteiger partial charge is 0.274 e. The molecule has 4 aromatic carbocycles. The summed E-state index contributed by atoms with van der Waals surface area (Å²) < 4.78 is 6.90. The molecule has 4 rings (SSSR count). The minimum atomic E-state index is -0.326. The molecule has 5 nitrogen and oxygen atoms in total. The van der Waals surface area contributed by atoms with Crippen LogP contribution in [0.15, 0.2) is 102 Å². The Kier molecular flexibility index (Phi) is 7.05. The Hall–Kier alpha value is -3.64. The lowest BCUT2D eigenvalue weighted by Gasteiger charge is -2.27. The zero-order valence-electron chi connectivity index (χ0n) is 18.1. The highest BCUT2D eigenvalue weighted by atomic mass is 79.9. The van der Waals surface area contributed by atoms with Crippen LogP contribution in [0.3, 0.4) is 0 Å². The van der Waals surface area contributed by atoms with Gasteiger partial charge in [0.1, 0.15) is 11.5 Å². The van der Waals surface area contributed by atoms with E-state index in [1.807, 2.05) is 72.8 Å². The van der Waals surface area contributed by atoms with E-state index in [2.05, 4.69) is 33.0 Å². The number of anilines is 1. The summed E-state index contributed by atoms with van der Waals surface area (Å²) in [7, 11) is 0. The van der Waals surface area contributed by atoms with Crippen molar-refractivity contribution in [3.8, 4) is 11.5 Å². The topological polar surface area (TPSA) is 55.6 Å². The minimum Gasteiger partial charge on any atom is -0.457 e. The van der Waals surface area contributed by atoms with Crippen molar-refractivity contribution < 1.29 is 9.66 Å². The molecule has 0 aliphatic heterocycles. The molecule has 166 valence electrons. The van der Waals surface area contributed by atoms with Crippen LogP contribution in [0.2, 0.25) is 0 Å². The standard InChI is InChI=1S/C27H23BrN2O3/c1-20-26(11-6-12-27(20)30(31)32)29(18-21-7-3-2-4-8-21)19-22-13-15-24(16-14-22)33-25-10-5-9-23(28)17-25/h2-17H,18-19H2,1H3. The van der Waals surface area contributed by atoms with E-state index in [0.717, 1.165) is 32.8 Å². The molecule has 0 unspecified atom stereocenters. The molecule has 0 aromatic heterocycles. The number of hydrogen-bond acceptors (Lipinski definition) is 4. The van der Waals surface area contributed by atoms with Crippen LogP contribution in [-0.4, -0.2) is 4.92 Å². The minimum absolute atomic E-state index is 0.128. The third-order valence-electron chi connectivity index (χ3n) is 5.36. The van der Waals surface area contributed by atoms with Crippen LogP contribution < -0.4 is 9.64 Å². The summed E-state index contributed by atoms with van der Waals surface area (Å²) in [5.74, 6) is 1.51. The van der Waals surface area contributed by atoms with Crippen LogP contribution in [0.5, 0.6) is 11.5 Å². The fourth-order valence-corrected chi connectivity index (χ4v) is 4.11. The normalized spacial score (nSPS) is 10.6. The fourth-order valence-electron chi connectivity index (χ4n) is 3.73. The maximum absolute atomic E-state index is 11.5. The zero-order chi connectivity index (χ0) is 23.2. The Bertz CT molecular complexity index is 1240. The molecule has 0 N–H and O–H groups in total. The van der Waals surface area contributed by atoms with Crippen molar-refractivity contribution in [2.75, 3.05) is 4.90 Å². The predicted molar refractivity (Wildman–Crippen MR) is 135 cm³/mol. The van der Waals surface area contributed by atoms with Crippen molar-refractivity contribution in [2.24, 2.45) is 0 Å². The first-order valence-corrected chi connectivity index (χ1v) is 11.3. The number of ether oxygens (including phenoxy) is 1. The largest absolute Gasteiger partial charge is 0.457 e. The van der Waals surface area contributed by atoms with Crippen molar-refractivity contribution in [1.29, 1.82) is 0 Å². The highest BCUT2D eigenvalue weighted by Gasteiger charge is 2.18. The predicted octanol–water partition coefficient (Wildman–Crippen LogP) is 7.66. The molecule has 0 amide bonds. The first kappa shape index (κ1) is 22.6. The zero-order valence-corrected chi connectivity index (χ0v) is 19.7. The molecule has 0 aliphatic rings. The van der Waals surface area contributed by atoms with Crippen molar-refractivity contribution in [2.45, 2.75) is 20.0 Å². The first-order chi connectivity index (χ1) is 16.0. The van der Waals surface area contributed by atoms with Gasteiger partial charge in [-0.05, 0) is 54.4 Å². The Morgan fingerprint density at radius 2 is 1.48 bits per heavy atom. The Balaban J connectivity index is 1.59. The molecule has 0 fully saturated rings. The number of benzene rings is 4. The van der Waals surface area contributed by atoms with Gasteiger partial charge in [-0.1, -0.05) is 70.5 Å². The van der Waals surface area contributed by atoms with Gasteiger partial charge in [0, 0.05) is 29.3 Å². The van der Waals surface area contributed by atoms with Crippen LogP contribution in [0.1, 0.15) is 16.7 Å². The lowest BCUT2D eigenvalue weighted by atomic mass is 10.1. The average molecular weight is 503 g/mol. The van der Waals surface area contributed by atoms with Crippen LogP contribution in [-0.2, 0) is 13.1 Å². The number of halogens is 1. The van der Waals surface area contributed by atoms with Crippen LogP contribution in [0.25, 0.3) is 0 Å². The highest BCUT2D eigenvalue weighted by molar-refractivity contribution is 9.10. The Labute approximate surface area is 201 Å². The van der Waals surface area contributed by atoms with Gasteiger partial charge in [-0.25, -0.2) is 0 Å². The maximum atomic E-state index is 11.5. The average Bonchev–Trinajstić information content (AvgIpc) is 2.81. The van der Waals surface area contributed by atoms with E-state index in [4.69, 9.17) is 4.74 Å². The molecule has 6 heteroatoms. The summed E-state index contributed by atoms with van der Waals surface area (Å²) in [4.78, 5) is 13.3. The van der Waals surface area contributed by atoms with Gasteiger partial charge in [0.15, 0.2) is 0 Å². The number of hydrogen-bond donors (Lipinski definition) is 0. The molecule has 0 aliphatic carbocycles. The van der Waals surface area contributed by atoms with E-state index in [0.29, 0.717) is 18.7 Å². The van der Waals surface area contributed by atoms with Gasteiger partial charge >= 0.3 is 0 Å². The van der Waals surface area contributed by atoms with E-state index >= 15 is 0 Å². The SMILES string of the molecule is Cc1c(N(Cc2ccccc2)Cc2ccc(Oc3cccc(Br)c3)cc2)cccc1[N+](=O)[O-]. The summed E-state index contributed by atoms with van der Waals surface area (Å²) in [6.45, 7) is 3.05. The van der Waals surface area contributed by atoms with Crippen molar-refractivity contribution in [3.63, 3.8) is 0 Å². The Morgan fingerprint density at radius 3 is 2.15 bits per heavy atom. The van der Waals surface area contributed by atoms with Crippen LogP contribution >= 0.6 is 15.9 Å². The maximum Gasteiger partial charge on any atom is 0.274 e. The summed E-state index contributed by atoms with van der Waals surface area (Å²) in [5.41, 5.74) is 3.86. The number of nitro benzene ring substituents is 1. The van der Waals surface area contributed by atoms with Gasteiger partial charge in [-0.2, -0.15) is 0 Å². The molecule has 0 saturated carbocycles. The van der Waals surface area contributed by atoms with E-state index in [9.17, 15) is 10.1 Å². The molecule has 0 radical (unpaired) electrons. The summed E-state index contributed by atoms with van der Waals surface area (Å²) in [6, 6.07) is 31.0. The second-order valence-corrected chi connectivity index (χ2v) is 8.64. The highest BCUT2D eigenvalue weighted by Crippen LogP contribution is 2.31. The second-order valence-electron chi connectivity index (χ2n) is 7.72. The first-order valence-electron chi connectivity index (χ1n) is 10.5. The van der Waals surface area contributed by atoms with E-state index < -0.39 is 0 Å². The van der Waals surface area contributed by atoms with Gasteiger partial charge in [-0.3, -0.25) is 10.1 Å². The van der Waals surface area contributed by atoms with Crippen molar-refractivity contribution >= 4 is 27.3 Å². The monoisotopic (exact) mass is 502 g/mol. The van der Waals surface area contributed by atoms with Gasteiger partial charge < -0.3 is 9.64 Å². The fraction of sp³-hybridized carbons (Fsp3) is 0.111. The summed E-state index contributed by atoms with van der Waals surface area (Å²) in [5, 5.41) is 11.5. The second kappa shape index (κ2) is 10.3. The van der Waals surface area contributed by atoms with E-state index in [-0.39, 0.29) is 10.6 Å². The molecule has 0 bridgehead atoms. The Morgan fingerprint density at radius 1 is 0.818 bits per heavy atom. The van der Waals surface area contributed by atoms with E-state index in [1.165, 1.54) is 0 Å². The van der Waals surface area contributed by atoms with Gasteiger partial charge in [0.2, 0.25) is 0 Å². The molecule has 0 spiro atoms. The molecule has 4 aromatic rings. The third kappa shape index (κ3) is 5.79. The van der Waals surface area contributed by atoms with Gasteiger partial charge in [0.05, 0.1) is 10.5 Å². The molecule has 0 heterocycles. The molecular formula is C27H23BrN2O3. The molecule has 33 heavy (non-hydrogen) atoms. The van der Waals surface area contributed by atoms with Crippen molar-refractivity contribution in [1.82, 2.24) is 0 Å². The lowest BCUT2D eigenvalue weighted by molar-refractivity contribution is -0.385. The number of nitrogens with zero attached hydrogens (tertiary/aromatic N) is 2. The van der Waals surface area contributed by atoms with Crippen LogP contribution in [0.4, 0.5) is 11.4 Å². The summed E-state index contributed by atoms with van der Waals surface area (Å²) in [6.07, 6.45) is 0. The quantitative estimate of drug-likeness (QED) is 0.183. The number of nitro groups is 1. The molecule has 0 saturated heterocycles. The van der Waals surface area contributed by atoms with Gasteiger partial charge in [-0.15, -0.1) is 0 Å². The number of rotatable bonds is 8.